The molecule has 2 rings (SSSR count). The van der Waals surface area contributed by atoms with Gasteiger partial charge in [0.2, 0.25) is 0 Å². The Hall–Kier alpha value is -0.170. The van der Waals surface area contributed by atoms with E-state index in [1.807, 2.05) is 18.7 Å². The Labute approximate surface area is 134 Å². The lowest BCUT2D eigenvalue weighted by atomic mass is 10.1. The lowest BCUT2D eigenvalue weighted by Crippen LogP contribution is -2.23. The van der Waals surface area contributed by atoms with E-state index in [0.29, 0.717) is 6.04 Å². The van der Waals surface area contributed by atoms with Crippen molar-refractivity contribution in [3.63, 3.8) is 0 Å². The third-order valence-electron chi connectivity index (χ3n) is 3.04. The van der Waals surface area contributed by atoms with Crippen LogP contribution in [-0.4, -0.2) is 16.3 Å². The normalized spacial score (nSPS) is 12.9. The molecule has 2 aromatic rings. The molecule has 0 fully saturated rings. The SMILES string of the molecule is CCNC(Cc1c(Br)c(C)nn1C)c1cc(Br)cs1. The van der Waals surface area contributed by atoms with Gasteiger partial charge < -0.3 is 5.32 Å². The van der Waals surface area contributed by atoms with E-state index in [0.717, 1.165) is 27.6 Å². The van der Waals surface area contributed by atoms with Crippen LogP contribution in [0, 0.1) is 6.92 Å². The highest BCUT2D eigenvalue weighted by molar-refractivity contribution is 9.10. The number of nitrogens with zero attached hydrogens (tertiary/aromatic N) is 2. The van der Waals surface area contributed by atoms with E-state index in [-0.39, 0.29) is 0 Å². The second-order valence-electron chi connectivity index (χ2n) is 4.45. The summed E-state index contributed by atoms with van der Waals surface area (Å²) in [7, 11) is 2.00. The Morgan fingerprint density at radius 1 is 1.47 bits per heavy atom. The fraction of sp³-hybridized carbons (Fsp3) is 0.462. The Morgan fingerprint density at radius 2 is 2.21 bits per heavy atom. The minimum absolute atomic E-state index is 0.326. The molecule has 2 aromatic heterocycles. The van der Waals surface area contributed by atoms with Crippen LogP contribution in [0.5, 0.6) is 0 Å². The fourth-order valence-electron chi connectivity index (χ4n) is 2.13. The molecule has 1 atom stereocenters. The molecular formula is C13H17Br2N3S. The maximum absolute atomic E-state index is 4.46. The Kier molecular flexibility index (Phi) is 5.22. The first kappa shape index (κ1) is 15.2. The van der Waals surface area contributed by atoms with Gasteiger partial charge >= 0.3 is 0 Å². The number of aromatic nitrogens is 2. The first-order chi connectivity index (χ1) is 9.02. The summed E-state index contributed by atoms with van der Waals surface area (Å²) in [5.74, 6) is 0. The van der Waals surface area contributed by atoms with Crippen molar-refractivity contribution < 1.29 is 0 Å². The summed E-state index contributed by atoms with van der Waals surface area (Å²) in [4.78, 5) is 1.35. The Bertz CT molecular complexity index is 562. The van der Waals surface area contributed by atoms with E-state index in [1.165, 1.54) is 10.6 Å². The minimum atomic E-state index is 0.326. The second kappa shape index (κ2) is 6.52. The van der Waals surface area contributed by atoms with Crippen LogP contribution in [0.1, 0.15) is 29.2 Å². The standard InChI is InChI=1S/C13H17Br2N3S/c1-4-16-10(12-5-9(14)7-19-12)6-11-13(15)8(2)17-18(11)3/h5,7,10,16H,4,6H2,1-3H3. The smallest absolute Gasteiger partial charge is 0.0738 e. The van der Waals surface area contributed by atoms with E-state index in [4.69, 9.17) is 0 Å². The number of aryl methyl sites for hydroxylation is 2. The number of hydrogen-bond acceptors (Lipinski definition) is 3. The van der Waals surface area contributed by atoms with Crippen molar-refractivity contribution in [2.24, 2.45) is 7.05 Å². The molecule has 0 saturated heterocycles. The molecule has 0 bridgehead atoms. The van der Waals surface area contributed by atoms with Gasteiger partial charge in [0.25, 0.3) is 0 Å². The van der Waals surface area contributed by atoms with E-state index in [9.17, 15) is 0 Å². The summed E-state index contributed by atoms with van der Waals surface area (Å²) >= 11 is 8.95. The van der Waals surface area contributed by atoms with Gasteiger partial charge in [-0.05, 0) is 51.4 Å². The van der Waals surface area contributed by atoms with Crippen LogP contribution in [0.2, 0.25) is 0 Å². The van der Waals surface area contributed by atoms with Crippen molar-refractivity contribution in [3.8, 4) is 0 Å². The third-order valence-corrected chi connectivity index (χ3v) is 5.88. The Morgan fingerprint density at radius 3 is 2.68 bits per heavy atom. The topological polar surface area (TPSA) is 29.9 Å². The van der Waals surface area contributed by atoms with E-state index in [2.05, 4.69) is 60.6 Å². The number of nitrogens with one attached hydrogen (secondary N) is 1. The molecule has 1 N–H and O–H groups in total. The maximum Gasteiger partial charge on any atom is 0.0738 e. The van der Waals surface area contributed by atoms with Crippen LogP contribution in [0.3, 0.4) is 0 Å². The molecule has 0 aliphatic heterocycles. The fourth-order valence-corrected chi connectivity index (χ4v) is 4.14. The maximum atomic E-state index is 4.46. The molecule has 2 heterocycles. The second-order valence-corrected chi connectivity index (χ2v) is 7.10. The summed E-state index contributed by atoms with van der Waals surface area (Å²) < 4.78 is 4.23. The van der Waals surface area contributed by atoms with Crippen LogP contribution >= 0.6 is 43.2 Å². The predicted molar refractivity (Wildman–Crippen MR) is 87.8 cm³/mol. The summed E-state index contributed by atoms with van der Waals surface area (Å²) in [5.41, 5.74) is 2.27. The lowest BCUT2D eigenvalue weighted by molar-refractivity contribution is 0.535. The molecule has 104 valence electrons. The van der Waals surface area contributed by atoms with Gasteiger partial charge in [-0.3, -0.25) is 4.68 Å². The van der Waals surface area contributed by atoms with Gasteiger partial charge in [-0.25, -0.2) is 0 Å². The quantitative estimate of drug-likeness (QED) is 0.805. The zero-order chi connectivity index (χ0) is 14.0. The van der Waals surface area contributed by atoms with Gasteiger partial charge in [-0.2, -0.15) is 5.10 Å². The zero-order valence-electron chi connectivity index (χ0n) is 11.2. The summed E-state index contributed by atoms with van der Waals surface area (Å²) in [6, 6.07) is 2.52. The van der Waals surface area contributed by atoms with E-state index < -0.39 is 0 Å². The molecule has 0 saturated carbocycles. The van der Waals surface area contributed by atoms with Gasteiger partial charge in [0.1, 0.15) is 0 Å². The van der Waals surface area contributed by atoms with Crippen LogP contribution in [-0.2, 0) is 13.5 Å². The first-order valence-electron chi connectivity index (χ1n) is 6.18. The molecular weight excluding hydrogens is 390 g/mol. The molecule has 0 spiro atoms. The van der Waals surface area contributed by atoms with Crippen molar-refractivity contribution >= 4 is 43.2 Å². The summed E-state index contributed by atoms with van der Waals surface area (Å²) in [6.45, 7) is 5.12. The van der Waals surface area contributed by atoms with Crippen molar-refractivity contribution in [2.75, 3.05) is 6.54 Å². The van der Waals surface area contributed by atoms with Crippen LogP contribution in [0.15, 0.2) is 20.4 Å². The lowest BCUT2D eigenvalue weighted by Gasteiger charge is -2.16. The molecule has 0 amide bonds. The largest absolute Gasteiger partial charge is 0.309 e. The van der Waals surface area contributed by atoms with Crippen LogP contribution < -0.4 is 5.32 Å². The minimum Gasteiger partial charge on any atom is -0.309 e. The zero-order valence-corrected chi connectivity index (χ0v) is 15.2. The molecule has 0 aliphatic rings. The number of halogens is 2. The van der Waals surface area contributed by atoms with E-state index >= 15 is 0 Å². The van der Waals surface area contributed by atoms with Gasteiger partial charge in [-0.1, -0.05) is 6.92 Å². The molecule has 0 radical (unpaired) electrons. The summed E-state index contributed by atoms with van der Waals surface area (Å²) in [6.07, 6.45) is 0.929. The molecule has 6 heteroatoms. The molecule has 1 unspecified atom stereocenters. The van der Waals surface area contributed by atoms with Crippen LogP contribution in [0.25, 0.3) is 0 Å². The third kappa shape index (κ3) is 3.48. The Balaban J connectivity index is 2.26. The van der Waals surface area contributed by atoms with Gasteiger partial charge in [0.05, 0.1) is 15.9 Å². The van der Waals surface area contributed by atoms with Crippen molar-refractivity contribution in [1.29, 1.82) is 0 Å². The van der Waals surface area contributed by atoms with Gasteiger partial charge in [-0.15, -0.1) is 11.3 Å². The highest BCUT2D eigenvalue weighted by Crippen LogP contribution is 2.30. The van der Waals surface area contributed by atoms with Crippen molar-refractivity contribution in [2.45, 2.75) is 26.3 Å². The van der Waals surface area contributed by atoms with E-state index in [1.54, 1.807) is 11.3 Å². The molecule has 0 aliphatic carbocycles. The number of likely N-dealkylation sites (N-methyl/N-ethyl adjacent to an activating group) is 1. The highest BCUT2D eigenvalue weighted by atomic mass is 79.9. The molecule has 19 heavy (non-hydrogen) atoms. The predicted octanol–water partition coefficient (Wildman–Crippen LogP) is 4.21. The molecule has 3 nitrogen and oxygen atoms in total. The van der Waals surface area contributed by atoms with Crippen molar-refractivity contribution in [3.05, 3.63) is 36.7 Å². The first-order valence-corrected chi connectivity index (χ1v) is 8.64. The van der Waals surface area contributed by atoms with Crippen molar-refractivity contribution in [1.82, 2.24) is 15.1 Å². The highest BCUT2D eigenvalue weighted by Gasteiger charge is 2.18. The van der Waals surface area contributed by atoms with Gasteiger partial charge in [0.15, 0.2) is 0 Å². The average molecular weight is 407 g/mol. The number of thiophene rings is 1. The monoisotopic (exact) mass is 405 g/mol. The van der Waals surface area contributed by atoms with Crippen LogP contribution in [0.4, 0.5) is 0 Å². The number of hydrogen-bond donors (Lipinski definition) is 1. The summed E-state index contributed by atoms with van der Waals surface area (Å²) in [5, 5.41) is 10.1. The van der Waals surface area contributed by atoms with Gasteiger partial charge in [0, 0.05) is 34.2 Å². The average Bonchev–Trinajstić information content (AvgIpc) is 2.88. The number of rotatable bonds is 5. The molecule has 0 aromatic carbocycles.